The van der Waals surface area contributed by atoms with Gasteiger partial charge in [-0.05, 0) is 47.5 Å². The summed E-state index contributed by atoms with van der Waals surface area (Å²) in [6.45, 7) is 0.234. The lowest BCUT2D eigenvalue weighted by atomic mass is 10.1. The molecule has 0 unspecified atom stereocenters. The molecule has 0 fully saturated rings. The fraction of sp³-hybridized carbons (Fsp3) is 0.167. The highest BCUT2D eigenvalue weighted by Gasteiger charge is 2.31. The van der Waals surface area contributed by atoms with Gasteiger partial charge in [0.15, 0.2) is 9.84 Å². The summed E-state index contributed by atoms with van der Waals surface area (Å²) < 4.78 is 38.6. The van der Waals surface area contributed by atoms with E-state index in [1.807, 2.05) is 6.07 Å². The average molecular weight is 536 g/mol. The molecule has 182 valence electrons. The van der Waals surface area contributed by atoms with Gasteiger partial charge in [-0.2, -0.15) is 0 Å². The van der Waals surface area contributed by atoms with Gasteiger partial charge in [0.2, 0.25) is 5.91 Å². The van der Waals surface area contributed by atoms with Crippen molar-refractivity contribution in [2.24, 2.45) is 0 Å². The zero-order valence-corrected chi connectivity index (χ0v) is 20.5. The Labute approximate surface area is 211 Å². The summed E-state index contributed by atoms with van der Waals surface area (Å²) in [5, 5.41) is 8.88. The smallest absolute Gasteiger partial charge is 0.251 e. The molecule has 11 heteroatoms. The molecule has 1 heterocycles. The monoisotopic (exact) mass is 535 g/mol. The van der Waals surface area contributed by atoms with Crippen LogP contribution < -0.4 is 16.0 Å². The number of hydrogen-bond acceptors (Lipinski definition) is 5. The summed E-state index contributed by atoms with van der Waals surface area (Å²) in [6, 6.07) is 14.2. The Balaban J connectivity index is 1.42. The van der Waals surface area contributed by atoms with Crippen molar-refractivity contribution >= 4 is 56.2 Å². The van der Waals surface area contributed by atoms with E-state index in [1.54, 1.807) is 30.3 Å². The number of carbonyl (C=O) groups is 2. The maximum absolute atomic E-state index is 13.2. The minimum Gasteiger partial charge on any atom is -0.371 e. The Hall–Kier alpha value is -3.14. The third kappa shape index (κ3) is 6.11. The van der Waals surface area contributed by atoms with Gasteiger partial charge in [0, 0.05) is 22.2 Å². The molecule has 35 heavy (non-hydrogen) atoms. The van der Waals surface area contributed by atoms with Gasteiger partial charge in [0.05, 0.1) is 22.9 Å². The molecule has 0 bridgehead atoms. The van der Waals surface area contributed by atoms with E-state index in [9.17, 15) is 22.4 Å². The lowest BCUT2D eigenvalue weighted by molar-refractivity contribution is -0.116. The SMILES string of the molecule is O=C(NCc1ccccc1Cl)c1ccc2c(c1)NC(=O)[C@H](CS(=O)(=O)Cc1ccc(F)cc1Cl)N2. The molecule has 0 aliphatic carbocycles. The van der Waals surface area contributed by atoms with Crippen LogP contribution in [0.1, 0.15) is 21.5 Å². The summed E-state index contributed by atoms with van der Waals surface area (Å²) in [7, 11) is -3.77. The molecule has 7 nitrogen and oxygen atoms in total. The van der Waals surface area contributed by atoms with E-state index in [2.05, 4.69) is 16.0 Å². The largest absolute Gasteiger partial charge is 0.371 e. The van der Waals surface area contributed by atoms with E-state index in [1.165, 1.54) is 12.1 Å². The van der Waals surface area contributed by atoms with Crippen LogP contribution in [0.5, 0.6) is 0 Å². The van der Waals surface area contributed by atoms with Crippen molar-refractivity contribution in [2.45, 2.75) is 18.3 Å². The van der Waals surface area contributed by atoms with Gasteiger partial charge in [-0.15, -0.1) is 0 Å². The van der Waals surface area contributed by atoms with Gasteiger partial charge >= 0.3 is 0 Å². The van der Waals surface area contributed by atoms with Gasteiger partial charge in [-0.1, -0.05) is 47.5 Å². The van der Waals surface area contributed by atoms with Gasteiger partial charge in [-0.25, -0.2) is 12.8 Å². The van der Waals surface area contributed by atoms with Gasteiger partial charge in [0.1, 0.15) is 11.9 Å². The first-order valence-corrected chi connectivity index (χ1v) is 13.1. The van der Waals surface area contributed by atoms with Crippen molar-refractivity contribution in [1.29, 1.82) is 0 Å². The fourth-order valence-electron chi connectivity index (χ4n) is 3.61. The van der Waals surface area contributed by atoms with Crippen molar-refractivity contribution < 1.29 is 22.4 Å². The fourth-order valence-corrected chi connectivity index (χ4v) is 5.71. The summed E-state index contributed by atoms with van der Waals surface area (Å²) in [5.41, 5.74) is 2.16. The summed E-state index contributed by atoms with van der Waals surface area (Å²) in [4.78, 5) is 25.2. The van der Waals surface area contributed by atoms with Gasteiger partial charge < -0.3 is 16.0 Å². The number of hydrogen-bond donors (Lipinski definition) is 3. The van der Waals surface area contributed by atoms with Crippen LogP contribution in [0.2, 0.25) is 10.0 Å². The molecular formula is C24H20Cl2FN3O4S. The summed E-state index contributed by atoms with van der Waals surface area (Å²) >= 11 is 12.1. The Morgan fingerprint density at radius 3 is 2.49 bits per heavy atom. The normalized spacial score (nSPS) is 15.1. The zero-order valence-electron chi connectivity index (χ0n) is 18.1. The van der Waals surface area contributed by atoms with E-state index < -0.39 is 39.1 Å². The standard InChI is InChI=1S/C24H20Cl2FN3O4S/c25-18-4-2-1-3-15(18)11-28-23(31)14-6-8-20-21(9-14)30-24(32)22(29-20)13-35(33,34)12-16-5-7-17(27)10-19(16)26/h1-10,22,29H,11-13H2,(H,28,31)(H,30,32)/t22-/m0/s1. The minimum absolute atomic E-state index is 0.000294. The van der Waals surface area contributed by atoms with E-state index in [0.29, 0.717) is 22.0 Å². The number of fused-ring (bicyclic) bond motifs is 1. The van der Waals surface area contributed by atoms with Crippen molar-refractivity contribution in [2.75, 3.05) is 16.4 Å². The van der Waals surface area contributed by atoms with Crippen molar-refractivity contribution in [3.63, 3.8) is 0 Å². The molecule has 1 aliphatic heterocycles. The highest BCUT2D eigenvalue weighted by atomic mass is 35.5. The first-order valence-electron chi connectivity index (χ1n) is 10.5. The van der Waals surface area contributed by atoms with Gasteiger partial charge in [-0.3, -0.25) is 9.59 Å². The number of benzene rings is 3. The third-order valence-electron chi connectivity index (χ3n) is 5.39. The number of sulfone groups is 1. The minimum atomic E-state index is -3.77. The summed E-state index contributed by atoms with van der Waals surface area (Å²) in [5.74, 6) is -2.41. The highest BCUT2D eigenvalue weighted by molar-refractivity contribution is 7.90. The van der Waals surface area contributed by atoms with Crippen LogP contribution >= 0.6 is 23.2 Å². The second-order valence-electron chi connectivity index (χ2n) is 8.01. The third-order valence-corrected chi connectivity index (χ3v) is 7.71. The quantitative estimate of drug-likeness (QED) is 0.415. The first kappa shape index (κ1) is 25.0. The second-order valence-corrected chi connectivity index (χ2v) is 10.9. The number of halogens is 3. The predicted octanol–water partition coefficient (Wildman–Crippen LogP) is 4.41. The Morgan fingerprint density at radius 1 is 0.971 bits per heavy atom. The molecule has 0 radical (unpaired) electrons. The zero-order chi connectivity index (χ0) is 25.2. The Bertz CT molecular complexity index is 1420. The Morgan fingerprint density at radius 2 is 1.74 bits per heavy atom. The average Bonchev–Trinajstić information content (AvgIpc) is 2.80. The number of rotatable bonds is 7. The van der Waals surface area contributed by atoms with Crippen LogP contribution in [0.25, 0.3) is 0 Å². The topological polar surface area (TPSA) is 104 Å². The molecule has 1 aliphatic rings. The number of carbonyl (C=O) groups excluding carboxylic acids is 2. The molecule has 0 saturated heterocycles. The van der Waals surface area contributed by atoms with Crippen LogP contribution in [0, 0.1) is 5.82 Å². The van der Waals surface area contributed by atoms with Crippen molar-refractivity contribution in [3.8, 4) is 0 Å². The van der Waals surface area contributed by atoms with Gasteiger partial charge in [0.25, 0.3) is 5.91 Å². The molecule has 3 aromatic rings. The van der Waals surface area contributed by atoms with E-state index in [4.69, 9.17) is 23.2 Å². The van der Waals surface area contributed by atoms with Crippen LogP contribution in [0.3, 0.4) is 0 Å². The van der Waals surface area contributed by atoms with Crippen molar-refractivity contribution in [3.05, 3.63) is 93.2 Å². The molecule has 0 aromatic heterocycles. The van der Waals surface area contributed by atoms with E-state index >= 15 is 0 Å². The van der Waals surface area contributed by atoms with Crippen molar-refractivity contribution in [1.82, 2.24) is 5.32 Å². The maximum atomic E-state index is 13.2. The van der Waals surface area contributed by atoms with E-state index in [-0.39, 0.29) is 23.0 Å². The molecule has 2 amide bonds. The maximum Gasteiger partial charge on any atom is 0.251 e. The second kappa shape index (κ2) is 10.2. The molecule has 1 atom stereocenters. The first-order chi connectivity index (χ1) is 16.6. The summed E-state index contributed by atoms with van der Waals surface area (Å²) in [6.07, 6.45) is 0. The highest BCUT2D eigenvalue weighted by Crippen LogP contribution is 2.29. The molecule has 0 saturated carbocycles. The lowest BCUT2D eigenvalue weighted by Gasteiger charge is -2.27. The molecule has 4 rings (SSSR count). The van der Waals surface area contributed by atoms with Crippen LogP contribution in [0.4, 0.5) is 15.8 Å². The van der Waals surface area contributed by atoms with E-state index in [0.717, 1.165) is 17.7 Å². The lowest BCUT2D eigenvalue weighted by Crippen LogP contribution is -2.43. The molecule has 3 aromatic carbocycles. The molecule has 3 N–H and O–H groups in total. The Kier molecular flexibility index (Phi) is 7.30. The van der Waals surface area contributed by atoms with Crippen LogP contribution in [0.15, 0.2) is 60.7 Å². The number of anilines is 2. The molecular weight excluding hydrogens is 516 g/mol. The number of amides is 2. The predicted molar refractivity (Wildman–Crippen MR) is 134 cm³/mol. The molecule has 0 spiro atoms. The number of nitrogens with one attached hydrogen (secondary N) is 3. The van der Waals surface area contributed by atoms with Crippen LogP contribution in [-0.4, -0.2) is 32.0 Å². The van der Waals surface area contributed by atoms with Crippen LogP contribution in [-0.2, 0) is 26.9 Å².